The van der Waals surface area contributed by atoms with Crippen LogP contribution in [0.5, 0.6) is 0 Å². The van der Waals surface area contributed by atoms with Gasteiger partial charge in [0.05, 0.1) is 5.38 Å². The molecule has 0 heterocycles. The number of rotatable bonds is 2. The summed E-state index contributed by atoms with van der Waals surface area (Å²) in [6.07, 6.45) is 0. The number of benzene rings is 3. The van der Waals surface area contributed by atoms with Crippen LogP contribution in [0.4, 0.5) is 4.39 Å². The van der Waals surface area contributed by atoms with Crippen molar-refractivity contribution in [1.29, 1.82) is 0 Å². The summed E-state index contributed by atoms with van der Waals surface area (Å²) in [5.41, 5.74) is 1.51. The molecule has 0 aliphatic carbocycles. The van der Waals surface area contributed by atoms with Gasteiger partial charge in [-0.1, -0.05) is 53.5 Å². The lowest BCUT2D eigenvalue weighted by molar-refractivity contribution is 0.639. The fraction of sp³-hybridized carbons (Fsp3) is 0.0588. The maximum absolute atomic E-state index is 13.9. The fourth-order valence-corrected chi connectivity index (χ4v) is 3.22. The van der Waals surface area contributed by atoms with Crippen molar-refractivity contribution in [2.75, 3.05) is 0 Å². The van der Waals surface area contributed by atoms with Crippen LogP contribution in [-0.4, -0.2) is 0 Å². The Morgan fingerprint density at radius 3 is 2.29 bits per heavy atom. The lowest BCUT2D eigenvalue weighted by Crippen LogP contribution is -1.97. The van der Waals surface area contributed by atoms with E-state index in [4.69, 9.17) is 34.8 Å². The molecule has 0 aliphatic rings. The van der Waals surface area contributed by atoms with E-state index in [1.165, 1.54) is 6.07 Å². The zero-order valence-electron chi connectivity index (χ0n) is 10.8. The molecular weight excluding hydrogens is 330 g/mol. The van der Waals surface area contributed by atoms with E-state index in [9.17, 15) is 4.39 Å². The van der Waals surface area contributed by atoms with Gasteiger partial charge in [0.15, 0.2) is 0 Å². The molecule has 0 fully saturated rings. The molecule has 0 amide bonds. The number of hydrogen-bond donors (Lipinski definition) is 0. The maximum atomic E-state index is 13.9. The molecule has 0 saturated heterocycles. The summed E-state index contributed by atoms with van der Waals surface area (Å²) in [5.74, 6) is -0.268. The monoisotopic (exact) mass is 338 g/mol. The summed E-state index contributed by atoms with van der Waals surface area (Å²) in [7, 11) is 0. The second-order valence-corrected chi connectivity index (χ2v) is 5.99. The highest BCUT2D eigenvalue weighted by Crippen LogP contribution is 2.38. The Bertz CT molecular complexity index is 814. The molecule has 0 radical (unpaired) electrons. The average Bonchev–Trinajstić information content (AvgIpc) is 2.50. The molecular formula is C17H10Cl3F. The van der Waals surface area contributed by atoms with Crippen molar-refractivity contribution in [1.82, 2.24) is 0 Å². The van der Waals surface area contributed by atoms with Gasteiger partial charge in [-0.05, 0) is 40.8 Å². The van der Waals surface area contributed by atoms with E-state index in [0.29, 0.717) is 21.0 Å². The summed E-state index contributed by atoms with van der Waals surface area (Å²) < 4.78 is 13.9. The first kappa shape index (κ1) is 14.6. The minimum atomic E-state index is -0.498. The van der Waals surface area contributed by atoms with Gasteiger partial charge in [0.1, 0.15) is 5.82 Å². The van der Waals surface area contributed by atoms with E-state index in [-0.39, 0.29) is 5.82 Å². The Morgan fingerprint density at radius 2 is 1.52 bits per heavy atom. The van der Waals surface area contributed by atoms with Gasteiger partial charge >= 0.3 is 0 Å². The summed E-state index contributed by atoms with van der Waals surface area (Å²) in [5, 5.41) is 1.91. The van der Waals surface area contributed by atoms with Crippen molar-refractivity contribution >= 4 is 45.6 Å². The van der Waals surface area contributed by atoms with Crippen LogP contribution >= 0.6 is 34.8 Å². The van der Waals surface area contributed by atoms with Crippen molar-refractivity contribution in [3.63, 3.8) is 0 Å². The molecule has 3 aromatic rings. The van der Waals surface area contributed by atoms with Gasteiger partial charge in [0.2, 0.25) is 0 Å². The standard InChI is InChI=1S/C17H10Cl3F/c18-10-5-7-15(19)14(9-10)17(20)13-6-8-16(21)12-4-2-1-3-11(12)13/h1-9,17H. The quantitative estimate of drug-likeness (QED) is 0.461. The first-order chi connectivity index (χ1) is 10.1. The van der Waals surface area contributed by atoms with Crippen LogP contribution in [0.1, 0.15) is 16.5 Å². The van der Waals surface area contributed by atoms with E-state index in [1.807, 2.05) is 12.1 Å². The highest BCUT2D eigenvalue weighted by Gasteiger charge is 2.18. The van der Waals surface area contributed by atoms with Crippen molar-refractivity contribution in [3.8, 4) is 0 Å². The van der Waals surface area contributed by atoms with Crippen LogP contribution < -0.4 is 0 Å². The summed E-state index contributed by atoms with van der Waals surface area (Å²) in [4.78, 5) is 0. The van der Waals surface area contributed by atoms with Crippen LogP contribution in [0, 0.1) is 5.82 Å². The van der Waals surface area contributed by atoms with Gasteiger partial charge in [-0.3, -0.25) is 0 Å². The number of hydrogen-bond acceptors (Lipinski definition) is 0. The largest absolute Gasteiger partial charge is 0.206 e. The number of halogens is 4. The van der Waals surface area contributed by atoms with Gasteiger partial charge in [0, 0.05) is 15.4 Å². The van der Waals surface area contributed by atoms with Gasteiger partial charge in [-0.25, -0.2) is 4.39 Å². The predicted octanol–water partition coefficient (Wildman–Crippen LogP) is 6.61. The van der Waals surface area contributed by atoms with Gasteiger partial charge in [-0.2, -0.15) is 0 Å². The maximum Gasteiger partial charge on any atom is 0.131 e. The molecule has 3 aromatic carbocycles. The molecule has 0 nitrogen and oxygen atoms in total. The summed E-state index contributed by atoms with van der Waals surface area (Å²) >= 11 is 18.8. The fourth-order valence-electron chi connectivity index (χ4n) is 2.38. The Kier molecular flexibility index (Phi) is 4.08. The molecule has 1 unspecified atom stereocenters. The molecule has 0 bridgehead atoms. The smallest absolute Gasteiger partial charge is 0.131 e. The lowest BCUT2D eigenvalue weighted by Gasteiger charge is -2.15. The Labute approximate surface area is 137 Å². The normalized spacial score (nSPS) is 12.6. The minimum absolute atomic E-state index is 0.268. The van der Waals surface area contributed by atoms with Crippen LogP contribution in [-0.2, 0) is 0 Å². The van der Waals surface area contributed by atoms with Crippen LogP contribution in [0.25, 0.3) is 10.8 Å². The van der Waals surface area contributed by atoms with E-state index in [1.54, 1.807) is 36.4 Å². The third-order valence-electron chi connectivity index (χ3n) is 3.41. The van der Waals surface area contributed by atoms with Gasteiger partial charge in [0.25, 0.3) is 0 Å². The SMILES string of the molecule is Fc1ccc(C(Cl)c2cc(Cl)ccc2Cl)c2ccccc12. The van der Waals surface area contributed by atoms with Gasteiger partial charge in [-0.15, -0.1) is 11.6 Å². The highest BCUT2D eigenvalue weighted by molar-refractivity contribution is 6.35. The Morgan fingerprint density at radius 1 is 0.810 bits per heavy atom. The molecule has 4 heteroatoms. The third kappa shape index (κ3) is 2.74. The lowest BCUT2D eigenvalue weighted by atomic mass is 9.97. The average molecular weight is 340 g/mol. The highest BCUT2D eigenvalue weighted by atomic mass is 35.5. The Hall–Kier alpha value is -1.28. The van der Waals surface area contributed by atoms with Crippen LogP contribution in [0.3, 0.4) is 0 Å². The molecule has 0 N–H and O–H groups in total. The first-order valence-corrected chi connectivity index (χ1v) is 7.53. The minimum Gasteiger partial charge on any atom is -0.206 e. The topological polar surface area (TPSA) is 0 Å². The summed E-state index contributed by atoms with van der Waals surface area (Å²) in [6.45, 7) is 0. The van der Waals surface area contributed by atoms with E-state index < -0.39 is 5.38 Å². The molecule has 106 valence electrons. The first-order valence-electron chi connectivity index (χ1n) is 6.34. The molecule has 0 aliphatic heterocycles. The molecule has 0 saturated carbocycles. The zero-order chi connectivity index (χ0) is 15.0. The molecule has 3 rings (SSSR count). The van der Waals surface area contributed by atoms with Crippen molar-refractivity contribution in [2.24, 2.45) is 0 Å². The predicted molar refractivity (Wildman–Crippen MR) is 88.1 cm³/mol. The second-order valence-electron chi connectivity index (χ2n) is 4.71. The van der Waals surface area contributed by atoms with Crippen LogP contribution in [0.2, 0.25) is 10.0 Å². The van der Waals surface area contributed by atoms with Gasteiger partial charge < -0.3 is 0 Å². The number of fused-ring (bicyclic) bond motifs is 1. The van der Waals surface area contributed by atoms with E-state index in [0.717, 1.165) is 10.9 Å². The Balaban J connectivity index is 2.20. The van der Waals surface area contributed by atoms with E-state index in [2.05, 4.69) is 0 Å². The second kappa shape index (κ2) is 5.84. The van der Waals surface area contributed by atoms with E-state index >= 15 is 0 Å². The zero-order valence-corrected chi connectivity index (χ0v) is 13.1. The third-order valence-corrected chi connectivity index (χ3v) is 4.46. The molecule has 21 heavy (non-hydrogen) atoms. The molecule has 1 atom stereocenters. The van der Waals surface area contributed by atoms with Crippen LogP contribution in [0.15, 0.2) is 54.6 Å². The summed E-state index contributed by atoms with van der Waals surface area (Å²) in [6, 6.07) is 15.5. The van der Waals surface area contributed by atoms with Crippen molar-refractivity contribution in [3.05, 3.63) is 81.6 Å². The van der Waals surface area contributed by atoms with Crippen molar-refractivity contribution in [2.45, 2.75) is 5.38 Å². The number of alkyl halides is 1. The molecule has 0 spiro atoms. The van der Waals surface area contributed by atoms with Crippen molar-refractivity contribution < 1.29 is 4.39 Å². The molecule has 0 aromatic heterocycles.